The molecular formula is C24H34N6O7. The predicted octanol–water partition coefficient (Wildman–Crippen LogP) is 0.430. The molecule has 1 aromatic carbocycles. The number of urea groups is 1. The van der Waals surface area contributed by atoms with Crippen LogP contribution in [0.2, 0.25) is 0 Å². The SMILES string of the molecule is CCN(CC)C(=O)/C=C/C(=O)N(NC)C(=O)NC(=O)[C@H](C)NC(=O)[C@H](C)NC(=O)OCc1ccccc1. The lowest BCUT2D eigenvalue weighted by atomic mass is 10.2. The molecular weight excluding hydrogens is 484 g/mol. The Balaban J connectivity index is 2.57. The molecule has 0 unspecified atom stereocenters. The van der Waals surface area contributed by atoms with Crippen molar-refractivity contribution >= 4 is 35.8 Å². The molecule has 13 heteroatoms. The van der Waals surface area contributed by atoms with Gasteiger partial charge in [-0.25, -0.2) is 15.0 Å². The largest absolute Gasteiger partial charge is 0.445 e. The first-order chi connectivity index (χ1) is 17.5. The van der Waals surface area contributed by atoms with Crippen molar-refractivity contribution in [2.45, 2.75) is 46.4 Å². The number of nitrogens with zero attached hydrogens (tertiary/aromatic N) is 2. The van der Waals surface area contributed by atoms with E-state index < -0.39 is 47.8 Å². The fourth-order valence-corrected chi connectivity index (χ4v) is 2.85. The summed E-state index contributed by atoms with van der Waals surface area (Å²) in [6.07, 6.45) is 1.10. The van der Waals surface area contributed by atoms with Gasteiger partial charge in [-0.15, -0.1) is 0 Å². The fourth-order valence-electron chi connectivity index (χ4n) is 2.85. The molecule has 0 saturated heterocycles. The molecule has 13 nitrogen and oxygen atoms in total. The second-order valence-corrected chi connectivity index (χ2v) is 7.69. The molecule has 0 saturated carbocycles. The number of hydrogen-bond acceptors (Lipinski definition) is 8. The summed E-state index contributed by atoms with van der Waals surface area (Å²) in [5.41, 5.74) is 3.09. The van der Waals surface area contributed by atoms with Gasteiger partial charge >= 0.3 is 12.1 Å². The molecule has 0 aromatic heterocycles. The number of imide groups is 2. The first-order valence-electron chi connectivity index (χ1n) is 11.6. The maximum absolute atomic E-state index is 12.4. The Morgan fingerprint density at radius 1 is 0.865 bits per heavy atom. The molecule has 1 aromatic rings. The third-order valence-corrected chi connectivity index (χ3v) is 5.01. The third kappa shape index (κ3) is 10.5. The Bertz CT molecular complexity index is 995. The van der Waals surface area contributed by atoms with E-state index in [0.717, 1.165) is 17.7 Å². The minimum absolute atomic E-state index is 0.0153. The quantitative estimate of drug-likeness (QED) is 0.242. The van der Waals surface area contributed by atoms with Gasteiger partial charge in [-0.1, -0.05) is 30.3 Å². The number of carbonyl (C=O) groups is 6. The second kappa shape index (κ2) is 15.7. The van der Waals surface area contributed by atoms with Crippen molar-refractivity contribution in [1.29, 1.82) is 0 Å². The van der Waals surface area contributed by atoms with E-state index in [2.05, 4.69) is 16.1 Å². The minimum Gasteiger partial charge on any atom is -0.445 e. The van der Waals surface area contributed by atoms with E-state index in [1.54, 1.807) is 38.1 Å². The van der Waals surface area contributed by atoms with Crippen LogP contribution in [0.5, 0.6) is 0 Å². The van der Waals surface area contributed by atoms with Crippen LogP contribution in [0, 0.1) is 0 Å². The van der Waals surface area contributed by atoms with Crippen LogP contribution < -0.4 is 21.4 Å². The summed E-state index contributed by atoms with van der Waals surface area (Å²) < 4.78 is 5.05. The highest BCUT2D eigenvalue weighted by Gasteiger charge is 2.26. The summed E-state index contributed by atoms with van der Waals surface area (Å²) in [6, 6.07) is 5.61. The first-order valence-corrected chi connectivity index (χ1v) is 11.6. The summed E-state index contributed by atoms with van der Waals surface area (Å²) >= 11 is 0. The van der Waals surface area contributed by atoms with E-state index in [-0.39, 0.29) is 6.61 Å². The third-order valence-electron chi connectivity index (χ3n) is 5.01. The summed E-state index contributed by atoms with van der Waals surface area (Å²) in [5, 5.41) is 7.17. The average Bonchev–Trinajstić information content (AvgIpc) is 2.87. The molecule has 1 rings (SSSR count). The molecule has 0 aliphatic heterocycles. The van der Waals surface area contributed by atoms with E-state index in [1.165, 1.54) is 25.8 Å². The Labute approximate surface area is 215 Å². The molecule has 2 atom stereocenters. The summed E-state index contributed by atoms with van der Waals surface area (Å²) in [4.78, 5) is 74.8. The lowest BCUT2D eigenvalue weighted by molar-refractivity contribution is -0.130. The Hall–Kier alpha value is -4.26. The van der Waals surface area contributed by atoms with Crippen LogP contribution in [0.1, 0.15) is 33.3 Å². The zero-order valence-electron chi connectivity index (χ0n) is 21.6. The zero-order valence-corrected chi connectivity index (χ0v) is 21.6. The van der Waals surface area contributed by atoms with Crippen molar-refractivity contribution in [2.75, 3.05) is 20.1 Å². The lowest BCUT2D eigenvalue weighted by Gasteiger charge is -2.21. The van der Waals surface area contributed by atoms with Gasteiger partial charge in [0, 0.05) is 32.3 Å². The maximum Gasteiger partial charge on any atom is 0.408 e. The van der Waals surface area contributed by atoms with E-state index in [0.29, 0.717) is 18.1 Å². The van der Waals surface area contributed by atoms with Crippen LogP contribution in [-0.2, 0) is 30.5 Å². The summed E-state index contributed by atoms with van der Waals surface area (Å²) in [7, 11) is 1.28. The van der Waals surface area contributed by atoms with Gasteiger partial charge in [-0.3, -0.25) is 24.5 Å². The van der Waals surface area contributed by atoms with Gasteiger partial charge in [0.2, 0.25) is 17.7 Å². The highest BCUT2D eigenvalue weighted by Crippen LogP contribution is 2.01. The van der Waals surface area contributed by atoms with Crippen LogP contribution >= 0.6 is 0 Å². The highest BCUT2D eigenvalue weighted by atomic mass is 16.5. The number of amides is 7. The Morgan fingerprint density at radius 2 is 1.43 bits per heavy atom. The molecule has 0 spiro atoms. The normalized spacial score (nSPS) is 12.1. The van der Waals surface area contributed by atoms with Crippen LogP contribution in [0.4, 0.5) is 9.59 Å². The topological polar surface area (TPSA) is 166 Å². The number of hydrogen-bond donors (Lipinski definition) is 4. The van der Waals surface area contributed by atoms with Gasteiger partial charge < -0.3 is 20.3 Å². The van der Waals surface area contributed by atoms with Gasteiger partial charge in [0.25, 0.3) is 5.91 Å². The van der Waals surface area contributed by atoms with E-state index in [9.17, 15) is 28.8 Å². The Kier molecular flexibility index (Phi) is 13.0. The lowest BCUT2D eigenvalue weighted by Crippen LogP contribution is -2.56. The second-order valence-electron chi connectivity index (χ2n) is 7.69. The van der Waals surface area contributed by atoms with Crippen LogP contribution in [0.15, 0.2) is 42.5 Å². The number of carbonyl (C=O) groups excluding carboxylic acids is 6. The molecule has 0 aliphatic rings. The van der Waals surface area contributed by atoms with Gasteiger partial charge in [0.15, 0.2) is 0 Å². The molecule has 0 fully saturated rings. The highest BCUT2D eigenvalue weighted by molar-refractivity contribution is 6.07. The van der Waals surface area contributed by atoms with Crippen molar-refractivity contribution in [3.05, 3.63) is 48.0 Å². The smallest absolute Gasteiger partial charge is 0.408 e. The van der Waals surface area contributed by atoms with Crippen LogP contribution in [0.3, 0.4) is 0 Å². The van der Waals surface area contributed by atoms with E-state index in [1.807, 2.05) is 11.4 Å². The van der Waals surface area contributed by atoms with Gasteiger partial charge in [0.05, 0.1) is 0 Å². The average molecular weight is 519 g/mol. The van der Waals surface area contributed by atoms with E-state index >= 15 is 0 Å². The van der Waals surface area contributed by atoms with Crippen LogP contribution in [0.25, 0.3) is 0 Å². The fraction of sp³-hybridized carbons (Fsp3) is 0.417. The molecule has 0 heterocycles. The summed E-state index contributed by atoms with van der Waals surface area (Å²) in [5.74, 6) is -2.91. The number of rotatable bonds is 11. The maximum atomic E-state index is 12.4. The number of benzene rings is 1. The Morgan fingerprint density at radius 3 is 2.00 bits per heavy atom. The standard InChI is InChI=1S/C24H34N6O7/c1-6-29(7-2)19(31)13-14-20(32)30(25-5)23(35)28-22(34)16(3)26-21(33)17(4)27-24(36)37-15-18-11-9-8-10-12-18/h8-14,16-17,25H,6-7,15H2,1-5H3,(H,26,33)(H,27,36)(H,28,34,35)/b14-13+/t16-,17-/m0/s1. The number of likely N-dealkylation sites (N-methyl/N-ethyl adjacent to an activating group) is 1. The minimum atomic E-state index is -1.19. The monoisotopic (exact) mass is 518 g/mol. The van der Waals surface area contributed by atoms with Crippen molar-refractivity contribution in [3.8, 4) is 0 Å². The zero-order chi connectivity index (χ0) is 28.0. The molecule has 0 aliphatic carbocycles. The van der Waals surface area contributed by atoms with Gasteiger partial charge in [-0.2, -0.15) is 5.01 Å². The predicted molar refractivity (Wildman–Crippen MR) is 133 cm³/mol. The molecule has 37 heavy (non-hydrogen) atoms. The van der Waals surface area contributed by atoms with E-state index in [4.69, 9.17) is 4.74 Å². The molecule has 7 amide bonds. The summed E-state index contributed by atoms with van der Waals surface area (Å²) in [6.45, 7) is 7.18. The number of ether oxygens (including phenoxy) is 1. The molecule has 202 valence electrons. The first kappa shape index (κ1) is 30.8. The number of alkyl carbamates (subject to hydrolysis) is 1. The molecule has 0 radical (unpaired) electrons. The molecule has 0 bridgehead atoms. The van der Waals surface area contributed by atoms with Crippen LogP contribution in [-0.4, -0.2) is 77.9 Å². The number of nitrogens with one attached hydrogen (secondary N) is 4. The van der Waals surface area contributed by atoms with Gasteiger partial charge in [-0.05, 0) is 33.3 Å². The van der Waals surface area contributed by atoms with Crippen molar-refractivity contribution in [1.82, 2.24) is 31.3 Å². The molecule has 4 N–H and O–H groups in total. The van der Waals surface area contributed by atoms with Crippen molar-refractivity contribution in [3.63, 3.8) is 0 Å². The van der Waals surface area contributed by atoms with Gasteiger partial charge in [0.1, 0.15) is 18.7 Å². The van der Waals surface area contributed by atoms with Crippen molar-refractivity contribution in [2.24, 2.45) is 0 Å². The van der Waals surface area contributed by atoms with Crippen molar-refractivity contribution < 1.29 is 33.5 Å². The number of hydrazine groups is 1.